The van der Waals surface area contributed by atoms with Gasteiger partial charge in [-0.25, -0.2) is 0 Å². The summed E-state index contributed by atoms with van der Waals surface area (Å²) < 4.78 is 0. The van der Waals surface area contributed by atoms with Crippen LogP contribution in [0.4, 0.5) is 0 Å². The van der Waals surface area contributed by atoms with Gasteiger partial charge in [-0.3, -0.25) is 0 Å². The Bertz CT molecular complexity index is 1120. The average Bonchev–Trinajstić information content (AvgIpc) is 2.84. The molecule has 2 heteroatoms. The molecule has 0 bridgehead atoms. The van der Waals surface area contributed by atoms with Gasteiger partial charge in [0, 0.05) is 22.8 Å². The molecule has 0 aromatic heterocycles. The first-order chi connectivity index (χ1) is 19.6. The summed E-state index contributed by atoms with van der Waals surface area (Å²) in [6.07, 6.45) is 19.2. The van der Waals surface area contributed by atoms with Crippen LogP contribution < -0.4 is 0 Å². The number of rotatable bonds is 11. The maximum Gasteiger partial charge on any atom is 0.0729 e. The van der Waals surface area contributed by atoms with Crippen LogP contribution in [-0.2, 0) is 0 Å². The summed E-state index contributed by atoms with van der Waals surface area (Å²) in [5.41, 5.74) is 4.78. The number of unbranched alkanes of at least 4 members (excludes halogenated alkanes) is 1. The minimum Gasteiger partial charge on any atom is -0.393 e. The third kappa shape index (κ3) is 12.3. The Balaban J connectivity index is 1.66. The van der Waals surface area contributed by atoms with Crippen LogP contribution in [0.2, 0.25) is 0 Å². The lowest BCUT2D eigenvalue weighted by Crippen LogP contribution is -2.32. The number of hydrogen-bond acceptors (Lipinski definition) is 2. The number of allylic oxidation sites excluding steroid dienone is 6. The van der Waals surface area contributed by atoms with Crippen molar-refractivity contribution in [2.45, 2.75) is 146 Å². The average molecular weight is 575 g/mol. The summed E-state index contributed by atoms with van der Waals surface area (Å²) in [6.45, 7) is 22.1. The van der Waals surface area contributed by atoms with Gasteiger partial charge in [-0.2, -0.15) is 0 Å². The van der Waals surface area contributed by atoms with E-state index in [9.17, 15) is 10.2 Å². The summed E-state index contributed by atoms with van der Waals surface area (Å²) >= 11 is 0. The van der Waals surface area contributed by atoms with Gasteiger partial charge in [0.05, 0.1) is 12.2 Å². The molecule has 6 atom stereocenters. The van der Waals surface area contributed by atoms with Crippen molar-refractivity contribution in [2.75, 3.05) is 0 Å². The van der Waals surface area contributed by atoms with E-state index in [1.165, 1.54) is 61.7 Å². The van der Waals surface area contributed by atoms with Gasteiger partial charge in [-0.15, -0.1) is 0 Å². The Kier molecular flexibility index (Phi) is 14.4. The Morgan fingerprint density at radius 3 is 2.31 bits per heavy atom. The standard InChI is InChI=1S/C40H62O2/c1-29(17-13-19-31(3)21-23-37-33(5)25-35(41)27-39(37,7)8)15-11-12-16-30(2)18-14-20-32(4)22-24-38-34(6)26-36(42)28-40(38,9)10/h13,17,19,25,29-30,32,35-37,41-42H,11-12,14-16,18,20,26-28H2,1-10H3/b17-13+,31-19+/t29?,30?,32?,35-,36-,37?/m1/s1. The van der Waals surface area contributed by atoms with E-state index in [-0.39, 0.29) is 29.0 Å². The van der Waals surface area contributed by atoms with E-state index < -0.39 is 0 Å². The van der Waals surface area contributed by atoms with Crippen LogP contribution in [0.15, 0.2) is 46.6 Å². The SMILES string of the molecule is CC1=C[C@@H](O)CC(C)(C)C1C#C/C(C)=C/C=C/C(C)CCCCC(C)CCCC(C)C#CC1=C(C)C[C@@H](O)CC1(C)C. The summed E-state index contributed by atoms with van der Waals surface area (Å²) in [6, 6.07) is 0. The monoisotopic (exact) mass is 574 g/mol. The maximum absolute atomic E-state index is 10.1. The lowest BCUT2D eigenvalue weighted by Gasteiger charge is -2.37. The van der Waals surface area contributed by atoms with E-state index in [1.54, 1.807) is 0 Å². The van der Waals surface area contributed by atoms with Crippen molar-refractivity contribution < 1.29 is 10.2 Å². The Morgan fingerprint density at radius 1 is 0.976 bits per heavy atom. The molecule has 0 radical (unpaired) electrons. The largest absolute Gasteiger partial charge is 0.393 e. The molecule has 0 fully saturated rings. The van der Waals surface area contributed by atoms with Crippen molar-refractivity contribution in [3.05, 3.63) is 46.6 Å². The van der Waals surface area contributed by atoms with Crippen molar-refractivity contribution >= 4 is 0 Å². The van der Waals surface area contributed by atoms with Gasteiger partial charge < -0.3 is 10.2 Å². The van der Waals surface area contributed by atoms with Gasteiger partial charge in [0.15, 0.2) is 0 Å². The molecule has 0 aromatic carbocycles. The highest BCUT2D eigenvalue weighted by molar-refractivity contribution is 5.40. The predicted molar refractivity (Wildman–Crippen MR) is 182 cm³/mol. The minimum absolute atomic E-state index is 0.00358. The highest BCUT2D eigenvalue weighted by Gasteiger charge is 2.35. The topological polar surface area (TPSA) is 40.5 Å². The third-order valence-electron chi connectivity index (χ3n) is 9.40. The molecule has 0 aliphatic heterocycles. The van der Waals surface area contributed by atoms with E-state index in [0.717, 1.165) is 30.8 Å². The van der Waals surface area contributed by atoms with Crippen LogP contribution in [0.3, 0.4) is 0 Å². The van der Waals surface area contributed by atoms with Gasteiger partial charge >= 0.3 is 0 Å². The highest BCUT2D eigenvalue weighted by Crippen LogP contribution is 2.41. The summed E-state index contributed by atoms with van der Waals surface area (Å²) in [5, 5.41) is 20.2. The first-order valence-electron chi connectivity index (χ1n) is 16.7. The molecular weight excluding hydrogens is 512 g/mol. The number of hydrogen-bond donors (Lipinski definition) is 2. The van der Waals surface area contributed by atoms with Crippen LogP contribution in [0.1, 0.15) is 133 Å². The summed E-state index contributed by atoms with van der Waals surface area (Å²) in [5.74, 6) is 15.8. The molecule has 0 amide bonds. The predicted octanol–water partition coefficient (Wildman–Crippen LogP) is 9.99. The molecule has 2 rings (SSSR count). The fraction of sp³-hybridized carbons (Fsp3) is 0.700. The first kappa shape index (κ1) is 36.2. The molecule has 42 heavy (non-hydrogen) atoms. The molecule has 234 valence electrons. The van der Waals surface area contributed by atoms with Crippen LogP contribution in [0.25, 0.3) is 0 Å². The van der Waals surface area contributed by atoms with Gasteiger partial charge in [0.2, 0.25) is 0 Å². The lowest BCUT2D eigenvalue weighted by atomic mass is 9.68. The molecule has 0 saturated heterocycles. The molecule has 0 aromatic rings. The minimum atomic E-state index is -0.346. The van der Waals surface area contributed by atoms with E-state index in [2.05, 4.69) is 111 Å². The van der Waals surface area contributed by atoms with Crippen LogP contribution in [-0.4, -0.2) is 22.4 Å². The van der Waals surface area contributed by atoms with Gasteiger partial charge in [-0.05, 0) is 75.7 Å². The van der Waals surface area contributed by atoms with Crippen molar-refractivity contribution in [1.29, 1.82) is 0 Å². The summed E-state index contributed by atoms with van der Waals surface area (Å²) in [7, 11) is 0. The maximum atomic E-state index is 10.1. The van der Waals surface area contributed by atoms with E-state index in [0.29, 0.717) is 11.8 Å². The number of aliphatic hydroxyl groups excluding tert-OH is 2. The second-order valence-electron chi connectivity index (χ2n) is 15.2. The third-order valence-corrected chi connectivity index (χ3v) is 9.40. The van der Waals surface area contributed by atoms with Gasteiger partial charge in [-0.1, -0.05) is 140 Å². The molecule has 0 saturated carbocycles. The Hall–Kier alpha value is -2.00. The van der Waals surface area contributed by atoms with Crippen molar-refractivity contribution in [3.63, 3.8) is 0 Å². The quantitative estimate of drug-likeness (QED) is 0.112. The smallest absolute Gasteiger partial charge is 0.0729 e. The Morgan fingerprint density at radius 2 is 1.64 bits per heavy atom. The molecule has 2 aliphatic rings. The number of aliphatic hydroxyl groups is 2. The van der Waals surface area contributed by atoms with Crippen LogP contribution in [0, 0.1) is 58.2 Å². The second-order valence-corrected chi connectivity index (χ2v) is 15.2. The lowest BCUT2D eigenvalue weighted by molar-refractivity contribution is 0.117. The van der Waals surface area contributed by atoms with Crippen molar-refractivity contribution in [1.82, 2.24) is 0 Å². The van der Waals surface area contributed by atoms with Crippen LogP contribution in [0.5, 0.6) is 0 Å². The molecule has 0 heterocycles. The Labute approximate surface area is 260 Å². The second kappa shape index (κ2) is 16.7. The van der Waals surface area contributed by atoms with E-state index >= 15 is 0 Å². The van der Waals surface area contributed by atoms with Crippen molar-refractivity contribution in [3.8, 4) is 23.7 Å². The molecule has 2 aliphatic carbocycles. The van der Waals surface area contributed by atoms with E-state index in [1.807, 2.05) is 6.08 Å². The fourth-order valence-electron chi connectivity index (χ4n) is 6.97. The normalized spacial score (nSPS) is 26.0. The first-order valence-corrected chi connectivity index (χ1v) is 16.7. The fourth-order valence-corrected chi connectivity index (χ4v) is 6.97. The van der Waals surface area contributed by atoms with E-state index in [4.69, 9.17) is 0 Å². The zero-order valence-electron chi connectivity index (χ0n) is 28.7. The van der Waals surface area contributed by atoms with Crippen LogP contribution >= 0.6 is 0 Å². The summed E-state index contributed by atoms with van der Waals surface area (Å²) in [4.78, 5) is 0. The molecular formula is C40H62O2. The molecule has 4 unspecified atom stereocenters. The zero-order valence-corrected chi connectivity index (χ0v) is 28.7. The molecule has 0 spiro atoms. The molecule has 2 N–H and O–H groups in total. The molecule has 2 nitrogen and oxygen atoms in total. The van der Waals surface area contributed by atoms with Crippen molar-refractivity contribution in [2.24, 2.45) is 34.5 Å². The van der Waals surface area contributed by atoms with Gasteiger partial charge in [0.25, 0.3) is 0 Å². The zero-order chi connectivity index (χ0) is 31.5. The highest BCUT2D eigenvalue weighted by atomic mass is 16.3. The van der Waals surface area contributed by atoms with Gasteiger partial charge in [0.1, 0.15) is 0 Å².